The quantitative estimate of drug-likeness (QED) is 0.888. The summed E-state index contributed by atoms with van der Waals surface area (Å²) < 4.78 is 2.04. The molecule has 1 aliphatic rings. The Morgan fingerprint density at radius 2 is 2.40 bits per heavy atom. The maximum absolute atomic E-state index is 12.0. The van der Waals surface area contributed by atoms with Crippen LogP contribution in [0.2, 0.25) is 0 Å². The number of amides is 1. The van der Waals surface area contributed by atoms with E-state index in [4.69, 9.17) is 0 Å². The van der Waals surface area contributed by atoms with E-state index in [1.165, 1.54) is 0 Å². The molecule has 1 aliphatic heterocycles. The van der Waals surface area contributed by atoms with E-state index in [1.54, 1.807) is 0 Å². The molecule has 0 saturated carbocycles. The van der Waals surface area contributed by atoms with Gasteiger partial charge in [-0.3, -0.25) is 4.79 Å². The molecule has 0 bridgehead atoms. The van der Waals surface area contributed by atoms with Crippen LogP contribution in [-0.2, 0) is 11.3 Å². The second kappa shape index (κ2) is 5.63. The zero-order valence-electron chi connectivity index (χ0n) is 11.7. The lowest BCUT2D eigenvalue weighted by Crippen LogP contribution is -2.46. The molecule has 2 aromatic heterocycles. The molecule has 2 N–H and O–H groups in total. The molecule has 106 valence electrons. The maximum Gasteiger partial charge on any atom is 0.237 e. The number of carbonyl (C=O) groups excluding carboxylic acids is 1. The highest BCUT2D eigenvalue weighted by molar-refractivity contribution is 5.81. The number of pyridine rings is 1. The van der Waals surface area contributed by atoms with E-state index in [9.17, 15) is 4.79 Å². The minimum atomic E-state index is -0.0393. The fraction of sp³-hybridized carbons (Fsp3) is 0.467. The van der Waals surface area contributed by atoms with Gasteiger partial charge < -0.3 is 15.0 Å². The third kappa shape index (κ3) is 2.67. The van der Waals surface area contributed by atoms with Crippen LogP contribution in [-0.4, -0.2) is 27.9 Å². The zero-order valence-corrected chi connectivity index (χ0v) is 11.7. The van der Waals surface area contributed by atoms with E-state index >= 15 is 0 Å². The summed E-state index contributed by atoms with van der Waals surface area (Å²) >= 11 is 0. The van der Waals surface area contributed by atoms with Crippen LogP contribution in [0.3, 0.4) is 0 Å². The summed E-state index contributed by atoms with van der Waals surface area (Å²) in [6, 6.07) is 5.97. The second-order valence-corrected chi connectivity index (χ2v) is 5.35. The minimum absolute atomic E-state index is 0.0393. The predicted octanol–water partition coefficient (Wildman–Crippen LogP) is 1.40. The Balaban J connectivity index is 1.64. The Morgan fingerprint density at radius 3 is 3.15 bits per heavy atom. The standard InChI is InChI=1S/C15H20N4O/c1-11-5-4-7-14-18-12(10-19(11)14)9-17-15(20)13-6-2-3-8-16-13/h4-5,7,10,13,16H,2-3,6,8-9H2,1H3,(H,17,20)/t13-/m1/s1. The predicted molar refractivity (Wildman–Crippen MR) is 77.4 cm³/mol. The van der Waals surface area contributed by atoms with Gasteiger partial charge in [-0.05, 0) is 38.4 Å². The van der Waals surface area contributed by atoms with E-state index in [0.717, 1.165) is 42.8 Å². The average molecular weight is 272 g/mol. The number of piperidine rings is 1. The Bertz CT molecular complexity index is 613. The number of hydrogen-bond acceptors (Lipinski definition) is 3. The van der Waals surface area contributed by atoms with Crippen molar-refractivity contribution in [3.05, 3.63) is 35.8 Å². The molecule has 5 heteroatoms. The maximum atomic E-state index is 12.0. The molecule has 0 radical (unpaired) electrons. The molecule has 5 nitrogen and oxygen atoms in total. The molecule has 1 fully saturated rings. The van der Waals surface area contributed by atoms with Gasteiger partial charge in [0.05, 0.1) is 18.3 Å². The average Bonchev–Trinajstić information content (AvgIpc) is 2.90. The monoisotopic (exact) mass is 272 g/mol. The first-order valence-corrected chi connectivity index (χ1v) is 7.19. The summed E-state index contributed by atoms with van der Waals surface area (Å²) in [4.78, 5) is 16.6. The van der Waals surface area contributed by atoms with Crippen molar-refractivity contribution in [2.75, 3.05) is 6.54 Å². The first kappa shape index (κ1) is 13.1. The first-order valence-electron chi connectivity index (χ1n) is 7.19. The Morgan fingerprint density at radius 1 is 1.50 bits per heavy atom. The SMILES string of the molecule is Cc1cccc2nc(CNC(=O)[C@H]3CCCCN3)cn12. The van der Waals surface area contributed by atoms with Crippen LogP contribution in [0.25, 0.3) is 5.65 Å². The molecular formula is C15H20N4O. The molecule has 2 aromatic rings. The van der Waals surface area contributed by atoms with Crippen LogP contribution >= 0.6 is 0 Å². The van der Waals surface area contributed by atoms with Gasteiger partial charge in [-0.1, -0.05) is 12.5 Å². The molecule has 0 aromatic carbocycles. The van der Waals surface area contributed by atoms with E-state index < -0.39 is 0 Å². The van der Waals surface area contributed by atoms with Crippen LogP contribution in [0.5, 0.6) is 0 Å². The Labute approximate surface area is 118 Å². The van der Waals surface area contributed by atoms with Crippen LogP contribution in [0.1, 0.15) is 30.7 Å². The molecule has 0 unspecified atom stereocenters. The first-order chi connectivity index (χ1) is 9.74. The number of carbonyl (C=O) groups is 1. The van der Waals surface area contributed by atoms with Crippen LogP contribution in [0.4, 0.5) is 0 Å². The summed E-state index contributed by atoms with van der Waals surface area (Å²) in [6.07, 6.45) is 5.20. The molecule has 20 heavy (non-hydrogen) atoms. The van der Waals surface area contributed by atoms with E-state index in [1.807, 2.05) is 35.7 Å². The normalized spacial score (nSPS) is 19.1. The van der Waals surface area contributed by atoms with Crippen molar-refractivity contribution in [2.24, 2.45) is 0 Å². The van der Waals surface area contributed by atoms with Crippen molar-refractivity contribution in [2.45, 2.75) is 38.8 Å². The molecule has 0 aliphatic carbocycles. The van der Waals surface area contributed by atoms with Gasteiger partial charge in [0.1, 0.15) is 5.65 Å². The van der Waals surface area contributed by atoms with Crippen molar-refractivity contribution < 1.29 is 4.79 Å². The Kier molecular flexibility index (Phi) is 3.69. The van der Waals surface area contributed by atoms with Gasteiger partial charge in [0.2, 0.25) is 5.91 Å². The van der Waals surface area contributed by atoms with E-state index in [0.29, 0.717) is 6.54 Å². The number of nitrogens with one attached hydrogen (secondary N) is 2. The van der Waals surface area contributed by atoms with Crippen LogP contribution in [0, 0.1) is 6.92 Å². The van der Waals surface area contributed by atoms with Crippen molar-refractivity contribution in [3.63, 3.8) is 0 Å². The van der Waals surface area contributed by atoms with Gasteiger partial charge in [0.25, 0.3) is 0 Å². The highest BCUT2D eigenvalue weighted by Gasteiger charge is 2.20. The van der Waals surface area contributed by atoms with Crippen molar-refractivity contribution in [1.29, 1.82) is 0 Å². The summed E-state index contributed by atoms with van der Waals surface area (Å²) in [7, 11) is 0. The molecule has 3 rings (SSSR count). The van der Waals surface area contributed by atoms with Gasteiger partial charge >= 0.3 is 0 Å². The Hall–Kier alpha value is -1.88. The zero-order chi connectivity index (χ0) is 13.9. The van der Waals surface area contributed by atoms with E-state index in [-0.39, 0.29) is 11.9 Å². The number of aromatic nitrogens is 2. The lowest BCUT2D eigenvalue weighted by Gasteiger charge is -2.22. The largest absolute Gasteiger partial charge is 0.349 e. The summed E-state index contributed by atoms with van der Waals surface area (Å²) in [5, 5.41) is 6.22. The summed E-state index contributed by atoms with van der Waals surface area (Å²) in [5.41, 5.74) is 2.95. The lowest BCUT2D eigenvalue weighted by molar-refractivity contribution is -0.123. The second-order valence-electron chi connectivity index (χ2n) is 5.35. The molecule has 1 saturated heterocycles. The molecule has 0 spiro atoms. The van der Waals surface area contributed by atoms with Crippen LogP contribution < -0.4 is 10.6 Å². The lowest BCUT2D eigenvalue weighted by atomic mass is 10.0. The van der Waals surface area contributed by atoms with Gasteiger partial charge in [0, 0.05) is 11.9 Å². The number of aryl methyl sites for hydroxylation is 1. The number of fused-ring (bicyclic) bond motifs is 1. The number of rotatable bonds is 3. The highest BCUT2D eigenvalue weighted by atomic mass is 16.2. The van der Waals surface area contributed by atoms with Gasteiger partial charge in [-0.15, -0.1) is 0 Å². The van der Waals surface area contributed by atoms with Crippen molar-refractivity contribution in [3.8, 4) is 0 Å². The fourth-order valence-corrected chi connectivity index (χ4v) is 2.66. The number of imidazole rings is 1. The summed E-state index contributed by atoms with van der Waals surface area (Å²) in [6.45, 7) is 3.47. The molecular weight excluding hydrogens is 252 g/mol. The number of hydrogen-bond donors (Lipinski definition) is 2. The molecule has 1 atom stereocenters. The van der Waals surface area contributed by atoms with Crippen LogP contribution in [0.15, 0.2) is 24.4 Å². The van der Waals surface area contributed by atoms with Gasteiger partial charge in [-0.25, -0.2) is 4.98 Å². The molecule has 1 amide bonds. The van der Waals surface area contributed by atoms with Gasteiger partial charge in [0.15, 0.2) is 0 Å². The third-order valence-electron chi connectivity index (χ3n) is 3.82. The summed E-state index contributed by atoms with van der Waals surface area (Å²) in [5.74, 6) is 0.0819. The topological polar surface area (TPSA) is 58.4 Å². The highest BCUT2D eigenvalue weighted by Crippen LogP contribution is 2.09. The van der Waals surface area contributed by atoms with Gasteiger partial charge in [-0.2, -0.15) is 0 Å². The fourth-order valence-electron chi connectivity index (χ4n) is 2.66. The van der Waals surface area contributed by atoms with Crippen molar-refractivity contribution >= 4 is 11.6 Å². The third-order valence-corrected chi connectivity index (χ3v) is 3.82. The van der Waals surface area contributed by atoms with E-state index in [2.05, 4.69) is 15.6 Å². The van der Waals surface area contributed by atoms with Crippen molar-refractivity contribution in [1.82, 2.24) is 20.0 Å². The molecule has 3 heterocycles. The number of nitrogens with zero attached hydrogens (tertiary/aromatic N) is 2. The smallest absolute Gasteiger partial charge is 0.237 e. The minimum Gasteiger partial charge on any atom is -0.349 e.